The predicted octanol–water partition coefficient (Wildman–Crippen LogP) is 3.71. The Morgan fingerprint density at radius 2 is 2.05 bits per heavy atom. The second-order valence-corrected chi connectivity index (χ2v) is 4.83. The maximum Gasteiger partial charge on any atom is 0.416 e. The largest absolute Gasteiger partial charge is 0.465 e. The zero-order valence-corrected chi connectivity index (χ0v) is 11.5. The highest BCUT2D eigenvalue weighted by Gasteiger charge is 2.31. The molecule has 0 bridgehead atoms. The second kappa shape index (κ2) is 6.36. The average molecular weight is 343 g/mol. The monoisotopic (exact) mass is 342 g/mol. The lowest BCUT2D eigenvalue weighted by molar-refractivity contribution is -0.142. The smallest absolute Gasteiger partial charge is 0.416 e. The van der Waals surface area contributed by atoms with Gasteiger partial charge >= 0.3 is 12.1 Å². The summed E-state index contributed by atoms with van der Waals surface area (Å²) >= 11 is 2.97. The van der Waals surface area contributed by atoms with Crippen LogP contribution in [-0.2, 0) is 22.1 Å². The Hall–Kier alpha value is -1.11. The molecule has 1 aromatic rings. The quantitative estimate of drug-likeness (QED) is 0.473. The minimum Gasteiger partial charge on any atom is -0.465 e. The lowest BCUT2D eigenvalue weighted by Gasteiger charge is -2.12. The van der Waals surface area contributed by atoms with Crippen molar-refractivity contribution < 1.29 is 27.1 Å². The van der Waals surface area contributed by atoms with Crippen LogP contribution in [0.5, 0.6) is 0 Å². The van der Waals surface area contributed by atoms with Gasteiger partial charge in [0.2, 0.25) is 0 Å². The van der Waals surface area contributed by atoms with Gasteiger partial charge in [0, 0.05) is 0 Å². The van der Waals surface area contributed by atoms with E-state index in [-0.39, 0.29) is 18.6 Å². The molecule has 0 fully saturated rings. The van der Waals surface area contributed by atoms with Crippen LogP contribution in [0.15, 0.2) is 18.2 Å². The van der Waals surface area contributed by atoms with Crippen molar-refractivity contribution in [2.45, 2.75) is 24.3 Å². The summed E-state index contributed by atoms with van der Waals surface area (Å²) in [5, 5.41) is 0. The zero-order valence-electron chi connectivity index (χ0n) is 9.93. The standard InChI is InChI=1S/C12H11BrF4O2/c1-2-19-11(18)9(13)6-7-5-8(12(15,16)17)3-4-10(7)14/h3-5,9H,2,6H2,1H3. The van der Waals surface area contributed by atoms with Gasteiger partial charge in [0.1, 0.15) is 10.6 Å². The van der Waals surface area contributed by atoms with Crippen molar-refractivity contribution in [2.75, 3.05) is 6.61 Å². The first kappa shape index (κ1) is 15.9. The summed E-state index contributed by atoms with van der Waals surface area (Å²) in [5.74, 6) is -1.43. The summed E-state index contributed by atoms with van der Waals surface area (Å²) < 4.78 is 55.6. The molecule has 0 saturated carbocycles. The van der Waals surface area contributed by atoms with Crippen LogP contribution in [0.4, 0.5) is 17.6 Å². The van der Waals surface area contributed by atoms with Crippen LogP contribution in [0.25, 0.3) is 0 Å². The highest BCUT2D eigenvalue weighted by molar-refractivity contribution is 9.10. The first-order valence-corrected chi connectivity index (χ1v) is 6.33. The topological polar surface area (TPSA) is 26.3 Å². The number of benzene rings is 1. The van der Waals surface area contributed by atoms with Crippen LogP contribution < -0.4 is 0 Å². The van der Waals surface area contributed by atoms with E-state index < -0.39 is 28.4 Å². The number of alkyl halides is 4. The van der Waals surface area contributed by atoms with Crippen LogP contribution in [0, 0.1) is 5.82 Å². The molecular weight excluding hydrogens is 332 g/mol. The summed E-state index contributed by atoms with van der Waals surface area (Å²) in [6.07, 6.45) is -4.76. The van der Waals surface area contributed by atoms with Gasteiger partial charge in [-0.25, -0.2) is 4.39 Å². The van der Waals surface area contributed by atoms with Crippen molar-refractivity contribution in [3.63, 3.8) is 0 Å². The van der Waals surface area contributed by atoms with E-state index in [1.807, 2.05) is 0 Å². The molecule has 0 aliphatic rings. The normalized spacial score (nSPS) is 13.2. The van der Waals surface area contributed by atoms with E-state index in [9.17, 15) is 22.4 Å². The third-order valence-corrected chi connectivity index (χ3v) is 3.01. The Labute approximate surface area is 115 Å². The fourth-order valence-electron chi connectivity index (χ4n) is 1.42. The molecule has 0 aromatic heterocycles. The summed E-state index contributed by atoms with van der Waals surface area (Å²) in [6, 6.07) is 2.10. The molecule has 0 radical (unpaired) electrons. The average Bonchev–Trinajstić information content (AvgIpc) is 2.30. The third-order valence-electron chi connectivity index (χ3n) is 2.31. The van der Waals surface area contributed by atoms with E-state index in [1.165, 1.54) is 0 Å². The molecule has 106 valence electrons. The first-order valence-electron chi connectivity index (χ1n) is 5.42. The molecule has 0 aliphatic heterocycles. The van der Waals surface area contributed by atoms with Crippen molar-refractivity contribution in [3.8, 4) is 0 Å². The first-order chi connectivity index (χ1) is 8.75. The highest BCUT2D eigenvalue weighted by atomic mass is 79.9. The lowest BCUT2D eigenvalue weighted by atomic mass is 10.1. The van der Waals surface area contributed by atoms with Gasteiger partial charge in [0.05, 0.1) is 12.2 Å². The van der Waals surface area contributed by atoms with Crippen LogP contribution in [-0.4, -0.2) is 17.4 Å². The summed E-state index contributed by atoms with van der Waals surface area (Å²) in [5.41, 5.74) is -1.14. The number of carbonyl (C=O) groups excluding carboxylic acids is 1. The van der Waals surface area contributed by atoms with Crippen molar-refractivity contribution in [1.29, 1.82) is 0 Å². The number of esters is 1. The summed E-state index contributed by atoms with van der Waals surface area (Å²) in [4.78, 5) is 10.4. The van der Waals surface area contributed by atoms with Crippen molar-refractivity contribution in [2.24, 2.45) is 0 Å². The number of carbonyl (C=O) groups is 1. The van der Waals surface area contributed by atoms with Gasteiger partial charge in [-0.3, -0.25) is 4.79 Å². The van der Waals surface area contributed by atoms with Crippen LogP contribution in [0.1, 0.15) is 18.1 Å². The Morgan fingerprint density at radius 1 is 1.42 bits per heavy atom. The van der Waals surface area contributed by atoms with Gasteiger partial charge in [0.25, 0.3) is 0 Å². The molecule has 19 heavy (non-hydrogen) atoms. The molecule has 0 amide bonds. The fraction of sp³-hybridized carbons (Fsp3) is 0.417. The van der Waals surface area contributed by atoms with Gasteiger partial charge in [-0.2, -0.15) is 13.2 Å². The van der Waals surface area contributed by atoms with E-state index in [4.69, 9.17) is 0 Å². The van der Waals surface area contributed by atoms with Crippen molar-refractivity contribution in [3.05, 3.63) is 35.1 Å². The maximum atomic E-state index is 13.4. The van der Waals surface area contributed by atoms with Crippen LogP contribution >= 0.6 is 15.9 Å². The number of ether oxygens (including phenoxy) is 1. The number of rotatable bonds is 4. The second-order valence-electron chi connectivity index (χ2n) is 3.73. The minimum atomic E-state index is -4.55. The molecule has 0 N–H and O–H groups in total. The molecule has 1 atom stereocenters. The molecule has 0 aliphatic carbocycles. The predicted molar refractivity (Wildman–Crippen MR) is 64.5 cm³/mol. The van der Waals surface area contributed by atoms with E-state index >= 15 is 0 Å². The SMILES string of the molecule is CCOC(=O)C(Br)Cc1cc(C(F)(F)F)ccc1F. The Kier molecular flexibility index (Phi) is 5.34. The van der Waals surface area contributed by atoms with Gasteiger partial charge in [-0.05, 0) is 37.1 Å². The van der Waals surface area contributed by atoms with Crippen molar-refractivity contribution >= 4 is 21.9 Å². The molecule has 1 unspecified atom stereocenters. The Bertz CT molecular complexity index is 460. The molecular formula is C12H11BrF4O2. The molecule has 2 nitrogen and oxygen atoms in total. The van der Waals surface area contributed by atoms with E-state index in [1.54, 1.807) is 6.92 Å². The lowest BCUT2D eigenvalue weighted by Crippen LogP contribution is -2.20. The summed E-state index contributed by atoms with van der Waals surface area (Å²) in [6.45, 7) is 1.74. The number of hydrogen-bond acceptors (Lipinski definition) is 2. The number of halogens is 5. The Balaban J connectivity index is 2.91. The molecule has 0 saturated heterocycles. The molecule has 1 rings (SSSR count). The number of hydrogen-bond donors (Lipinski definition) is 0. The molecule has 1 aromatic carbocycles. The van der Waals surface area contributed by atoms with Gasteiger partial charge in [-0.15, -0.1) is 0 Å². The van der Waals surface area contributed by atoms with Gasteiger partial charge < -0.3 is 4.74 Å². The molecule has 7 heteroatoms. The zero-order chi connectivity index (χ0) is 14.6. The van der Waals surface area contributed by atoms with Gasteiger partial charge in [0.15, 0.2) is 0 Å². The summed E-state index contributed by atoms with van der Waals surface area (Å²) in [7, 11) is 0. The van der Waals surface area contributed by atoms with E-state index in [2.05, 4.69) is 20.7 Å². The maximum absolute atomic E-state index is 13.4. The fourth-order valence-corrected chi connectivity index (χ4v) is 1.90. The van der Waals surface area contributed by atoms with E-state index in [0.717, 1.165) is 6.07 Å². The van der Waals surface area contributed by atoms with E-state index in [0.29, 0.717) is 12.1 Å². The van der Waals surface area contributed by atoms with Crippen LogP contribution in [0.2, 0.25) is 0 Å². The third kappa shape index (κ3) is 4.49. The van der Waals surface area contributed by atoms with Crippen molar-refractivity contribution in [1.82, 2.24) is 0 Å². The van der Waals surface area contributed by atoms with Gasteiger partial charge in [-0.1, -0.05) is 15.9 Å². The molecule has 0 spiro atoms. The molecule has 0 heterocycles. The van der Waals surface area contributed by atoms with Crippen LogP contribution in [0.3, 0.4) is 0 Å². The highest BCUT2D eigenvalue weighted by Crippen LogP contribution is 2.31. The Morgan fingerprint density at radius 3 is 2.58 bits per heavy atom. The minimum absolute atomic E-state index is 0.145.